The normalized spacial score (nSPS) is 21.1. The monoisotopic (exact) mass is 253 g/mol. The van der Waals surface area contributed by atoms with Gasteiger partial charge in [0.05, 0.1) is 0 Å². The van der Waals surface area contributed by atoms with Crippen LogP contribution in [0.25, 0.3) is 0 Å². The third-order valence-electron chi connectivity index (χ3n) is 3.50. The Kier molecular flexibility index (Phi) is 4.40. The Labute approximate surface area is 108 Å². The Hall–Kier alpha value is -0.610. The minimum atomic E-state index is 0.0466. The average Bonchev–Trinajstić information content (AvgIpc) is 2.39. The molecule has 1 saturated heterocycles. The lowest BCUT2D eigenvalue weighted by Gasteiger charge is -2.36. The van der Waals surface area contributed by atoms with E-state index < -0.39 is 0 Å². The molecule has 1 aromatic carbocycles. The van der Waals surface area contributed by atoms with Crippen molar-refractivity contribution in [3.8, 4) is 0 Å². The van der Waals surface area contributed by atoms with Crippen LogP contribution in [0.5, 0.6) is 0 Å². The van der Waals surface area contributed by atoms with Crippen molar-refractivity contribution in [2.75, 3.05) is 26.2 Å². The Balaban J connectivity index is 2.02. The molecule has 1 heterocycles. The van der Waals surface area contributed by atoms with Crippen LogP contribution in [-0.4, -0.2) is 37.1 Å². The van der Waals surface area contributed by atoms with E-state index in [9.17, 15) is 0 Å². The number of hydrogen-bond donors (Lipinski definition) is 2. The van der Waals surface area contributed by atoms with E-state index in [1.807, 2.05) is 24.3 Å². The number of benzene rings is 1. The summed E-state index contributed by atoms with van der Waals surface area (Å²) in [6, 6.07) is 8.25. The van der Waals surface area contributed by atoms with Crippen LogP contribution in [0.15, 0.2) is 24.3 Å². The quantitative estimate of drug-likeness (QED) is 0.861. The molecule has 1 aliphatic heterocycles. The van der Waals surface area contributed by atoms with Crippen LogP contribution in [0.3, 0.4) is 0 Å². The molecule has 0 aromatic heterocycles. The number of halogens is 1. The van der Waals surface area contributed by atoms with Crippen LogP contribution in [0.4, 0.5) is 0 Å². The maximum absolute atomic E-state index is 6.31. The highest BCUT2D eigenvalue weighted by molar-refractivity contribution is 6.30. The van der Waals surface area contributed by atoms with Gasteiger partial charge in [-0.15, -0.1) is 0 Å². The van der Waals surface area contributed by atoms with Crippen molar-refractivity contribution in [2.24, 2.45) is 5.73 Å². The highest BCUT2D eigenvalue weighted by Gasteiger charge is 2.22. The summed E-state index contributed by atoms with van der Waals surface area (Å²) in [6.45, 7) is 6.45. The second-order valence-corrected chi connectivity index (χ2v) is 5.04. The zero-order chi connectivity index (χ0) is 12.3. The Bertz CT molecular complexity index is 346. The first-order valence-electron chi connectivity index (χ1n) is 6.14. The number of piperazine rings is 1. The molecule has 1 aliphatic rings. The number of hydrogen-bond acceptors (Lipinski definition) is 3. The van der Waals surface area contributed by atoms with Gasteiger partial charge < -0.3 is 11.1 Å². The van der Waals surface area contributed by atoms with E-state index in [1.54, 1.807) is 0 Å². The van der Waals surface area contributed by atoms with Gasteiger partial charge in [0.25, 0.3) is 0 Å². The van der Waals surface area contributed by atoms with E-state index >= 15 is 0 Å². The number of nitrogens with one attached hydrogen (secondary N) is 1. The number of rotatable bonds is 3. The molecule has 4 heteroatoms. The first-order chi connectivity index (χ1) is 8.18. The van der Waals surface area contributed by atoms with Gasteiger partial charge >= 0.3 is 0 Å². The lowest BCUT2D eigenvalue weighted by atomic mass is 10.00. The molecule has 17 heavy (non-hydrogen) atoms. The Morgan fingerprint density at radius 1 is 1.24 bits per heavy atom. The van der Waals surface area contributed by atoms with E-state index in [4.69, 9.17) is 17.3 Å². The third-order valence-corrected chi connectivity index (χ3v) is 3.75. The highest BCUT2D eigenvalue weighted by Crippen LogP contribution is 2.20. The van der Waals surface area contributed by atoms with Crippen molar-refractivity contribution in [2.45, 2.75) is 19.0 Å². The Morgan fingerprint density at radius 3 is 2.41 bits per heavy atom. The van der Waals surface area contributed by atoms with Crippen molar-refractivity contribution in [1.29, 1.82) is 0 Å². The summed E-state index contributed by atoms with van der Waals surface area (Å²) in [5.74, 6) is 0. The summed E-state index contributed by atoms with van der Waals surface area (Å²) in [5, 5.41) is 4.12. The first-order valence-corrected chi connectivity index (χ1v) is 6.52. The van der Waals surface area contributed by atoms with Crippen LogP contribution >= 0.6 is 11.6 Å². The summed E-state index contributed by atoms with van der Waals surface area (Å²) in [7, 11) is 0. The van der Waals surface area contributed by atoms with E-state index in [1.165, 1.54) is 0 Å². The van der Waals surface area contributed by atoms with Gasteiger partial charge in [0.2, 0.25) is 0 Å². The molecule has 0 radical (unpaired) electrons. The van der Waals surface area contributed by atoms with Gasteiger partial charge in [0.1, 0.15) is 0 Å². The molecular formula is C13H20ClN3. The summed E-state index contributed by atoms with van der Waals surface area (Å²) in [5.41, 5.74) is 7.47. The Morgan fingerprint density at radius 2 is 1.82 bits per heavy atom. The lowest BCUT2D eigenvalue weighted by molar-refractivity contribution is 0.163. The molecule has 2 atom stereocenters. The van der Waals surface area contributed by atoms with Gasteiger partial charge in [-0.3, -0.25) is 4.90 Å². The molecule has 0 spiro atoms. The van der Waals surface area contributed by atoms with E-state index in [2.05, 4.69) is 17.1 Å². The van der Waals surface area contributed by atoms with Gasteiger partial charge in [-0.25, -0.2) is 0 Å². The molecule has 94 valence electrons. The van der Waals surface area contributed by atoms with E-state index in [0.717, 1.165) is 36.8 Å². The molecule has 0 saturated carbocycles. The largest absolute Gasteiger partial charge is 0.323 e. The molecule has 2 unspecified atom stereocenters. The maximum Gasteiger partial charge on any atom is 0.0450 e. The van der Waals surface area contributed by atoms with E-state index in [0.29, 0.717) is 6.04 Å². The molecule has 0 amide bonds. The summed E-state index contributed by atoms with van der Waals surface area (Å²) < 4.78 is 0. The SMILES string of the molecule is CC(C(N)c1ccc(Cl)cc1)N1CCNCC1. The lowest BCUT2D eigenvalue weighted by Crippen LogP contribution is -2.50. The predicted molar refractivity (Wildman–Crippen MR) is 72.3 cm³/mol. The number of nitrogens with zero attached hydrogens (tertiary/aromatic N) is 1. The van der Waals surface area contributed by atoms with Crippen molar-refractivity contribution < 1.29 is 0 Å². The van der Waals surface area contributed by atoms with Crippen molar-refractivity contribution in [1.82, 2.24) is 10.2 Å². The molecule has 3 N–H and O–H groups in total. The van der Waals surface area contributed by atoms with Gasteiger partial charge in [0.15, 0.2) is 0 Å². The van der Waals surface area contributed by atoms with Crippen molar-refractivity contribution >= 4 is 11.6 Å². The molecule has 1 aromatic rings. The molecule has 1 fully saturated rings. The second-order valence-electron chi connectivity index (χ2n) is 4.60. The number of nitrogens with two attached hydrogens (primary N) is 1. The second kappa shape index (κ2) is 5.83. The summed E-state index contributed by atoms with van der Waals surface area (Å²) >= 11 is 5.89. The first kappa shape index (κ1) is 12.8. The fourth-order valence-corrected chi connectivity index (χ4v) is 2.41. The summed E-state index contributed by atoms with van der Waals surface area (Å²) in [6.07, 6.45) is 0. The van der Waals surface area contributed by atoms with Crippen molar-refractivity contribution in [3.05, 3.63) is 34.9 Å². The highest BCUT2D eigenvalue weighted by atomic mass is 35.5. The van der Waals surface area contributed by atoms with Gasteiger partial charge in [0, 0.05) is 43.3 Å². The zero-order valence-electron chi connectivity index (χ0n) is 10.2. The summed E-state index contributed by atoms with van der Waals surface area (Å²) in [4.78, 5) is 2.44. The van der Waals surface area contributed by atoms with Crippen LogP contribution < -0.4 is 11.1 Å². The molecule has 0 aliphatic carbocycles. The van der Waals surface area contributed by atoms with Crippen LogP contribution in [0.2, 0.25) is 5.02 Å². The van der Waals surface area contributed by atoms with Crippen LogP contribution in [-0.2, 0) is 0 Å². The molecule has 2 rings (SSSR count). The van der Waals surface area contributed by atoms with Gasteiger partial charge in [-0.1, -0.05) is 23.7 Å². The third kappa shape index (κ3) is 3.19. The fraction of sp³-hybridized carbons (Fsp3) is 0.538. The topological polar surface area (TPSA) is 41.3 Å². The predicted octanol–water partition coefficient (Wildman–Crippen LogP) is 1.63. The molecule has 3 nitrogen and oxygen atoms in total. The average molecular weight is 254 g/mol. The zero-order valence-corrected chi connectivity index (χ0v) is 11.0. The van der Waals surface area contributed by atoms with E-state index in [-0.39, 0.29) is 6.04 Å². The smallest absolute Gasteiger partial charge is 0.0450 e. The minimum absolute atomic E-state index is 0.0466. The van der Waals surface area contributed by atoms with Crippen molar-refractivity contribution in [3.63, 3.8) is 0 Å². The standard InChI is InChI=1S/C13H20ClN3/c1-10(17-8-6-16-7-9-17)13(15)11-2-4-12(14)5-3-11/h2-5,10,13,16H,6-9,15H2,1H3. The fourth-order valence-electron chi connectivity index (χ4n) is 2.28. The van der Waals surface area contributed by atoms with Gasteiger partial charge in [-0.05, 0) is 24.6 Å². The minimum Gasteiger partial charge on any atom is -0.323 e. The molecule has 0 bridgehead atoms. The van der Waals surface area contributed by atoms with Gasteiger partial charge in [-0.2, -0.15) is 0 Å². The van der Waals surface area contributed by atoms with Crippen LogP contribution in [0, 0.1) is 0 Å². The maximum atomic E-state index is 6.31. The molecular weight excluding hydrogens is 234 g/mol. The van der Waals surface area contributed by atoms with Crippen LogP contribution in [0.1, 0.15) is 18.5 Å².